The van der Waals surface area contributed by atoms with Crippen LogP contribution in [0.1, 0.15) is 29.1 Å². The number of carbonyl (C=O) groups excluding carboxylic acids is 2. The number of anilines is 1. The first kappa shape index (κ1) is 22.3. The molecule has 1 N–H and O–H groups in total. The van der Waals surface area contributed by atoms with Crippen LogP contribution < -0.4 is 10.9 Å². The number of aromatic nitrogens is 2. The lowest BCUT2D eigenvalue weighted by molar-refractivity contribution is -0.116. The number of amides is 1. The first-order valence-electron chi connectivity index (χ1n) is 9.08. The van der Waals surface area contributed by atoms with Crippen molar-refractivity contribution in [1.82, 2.24) is 9.55 Å². The number of hydrogen-bond acceptors (Lipinski definition) is 6. The summed E-state index contributed by atoms with van der Waals surface area (Å²) in [5.74, 6) is -0.749. The fourth-order valence-electron chi connectivity index (χ4n) is 2.72. The molecule has 7 nitrogen and oxygen atoms in total. The van der Waals surface area contributed by atoms with Gasteiger partial charge < -0.3 is 10.1 Å². The van der Waals surface area contributed by atoms with Crippen molar-refractivity contribution in [2.45, 2.75) is 27.3 Å². The lowest BCUT2D eigenvalue weighted by Gasteiger charge is -2.09. The molecular formula is C20H19Cl2N3O4S. The number of nitrogens with one attached hydrogen (secondary N) is 1. The highest BCUT2D eigenvalue weighted by molar-refractivity contribution is 7.20. The molecule has 3 rings (SSSR count). The van der Waals surface area contributed by atoms with Gasteiger partial charge in [-0.3, -0.25) is 14.2 Å². The number of halogens is 2. The Balaban J connectivity index is 1.85. The van der Waals surface area contributed by atoms with E-state index in [-0.39, 0.29) is 24.1 Å². The average Bonchev–Trinajstić information content (AvgIpc) is 3.03. The van der Waals surface area contributed by atoms with Crippen LogP contribution in [0.3, 0.4) is 0 Å². The van der Waals surface area contributed by atoms with Gasteiger partial charge in [0.25, 0.3) is 5.56 Å². The van der Waals surface area contributed by atoms with E-state index in [4.69, 9.17) is 27.9 Å². The molecule has 2 aromatic heterocycles. The molecule has 30 heavy (non-hydrogen) atoms. The largest absolute Gasteiger partial charge is 0.461 e. The van der Waals surface area contributed by atoms with Crippen LogP contribution in [0.25, 0.3) is 10.2 Å². The van der Waals surface area contributed by atoms with Gasteiger partial charge in [0.05, 0.1) is 34.1 Å². The Labute approximate surface area is 186 Å². The predicted molar refractivity (Wildman–Crippen MR) is 119 cm³/mol. The van der Waals surface area contributed by atoms with Gasteiger partial charge >= 0.3 is 5.97 Å². The van der Waals surface area contributed by atoms with Gasteiger partial charge in [0.1, 0.15) is 16.3 Å². The highest BCUT2D eigenvalue weighted by atomic mass is 35.5. The first-order chi connectivity index (χ1) is 14.2. The maximum absolute atomic E-state index is 12.9. The Bertz CT molecular complexity index is 1190. The molecule has 0 fully saturated rings. The van der Waals surface area contributed by atoms with Crippen LogP contribution >= 0.6 is 34.5 Å². The molecule has 1 amide bonds. The van der Waals surface area contributed by atoms with Crippen LogP contribution in [-0.2, 0) is 16.1 Å². The fourth-order valence-corrected chi connectivity index (χ4v) is 4.10. The number of hydrogen-bond donors (Lipinski definition) is 1. The second kappa shape index (κ2) is 9.16. The quantitative estimate of drug-likeness (QED) is 0.537. The van der Waals surface area contributed by atoms with Crippen LogP contribution in [-0.4, -0.2) is 28.0 Å². The number of carbonyl (C=O) groups is 2. The summed E-state index contributed by atoms with van der Waals surface area (Å²) in [5, 5.41) is 3.45. The Hall–Kier alpha value is -2.42. The molecule has 2 heterocycles. The maximum Gasteiger partial charge on any atom is 0.348 e. The normalized spacial score (nSPS) is 11.1. The van der Waals surface area contributed by atoms with Gasteiger partial charge in [-0.25, -0.2) is 9.78 Å². The van der Waals surface area contributed by atoms with Crippen molar-refractivity contribution < 1.29 is 14.3 Å². The lowest BCUT2D eigenvalue weighted by atomic mass is 10.2. The van der Waals surface area contributed by atoms with Crippen molar-refractivity contribution in [2.75, 3.05) is 11.9 Å². The van der Waals surface area contributed by atoms with Crippen LogP contribution in [0, 0.1) is 12.8 Å². The number of fused-ring (bicyclic) bond motifs is 1. The molecule has 3 aromatic rings. The van der Waals surface area contributed by atoms with Crippen molar-refractivity contribution in [1.29, 1.82) is 0 Å². The van der Waals surface area contributed by atoms with Crippen molar-refractivity contribution in [3.8, 4) is 0 Å². The summed E-state index contributed by atoms with van der Waals surface area (Å²) in [6.45, 7) is 5.56. The van der Waals surface area contributed by atoms with Gasteiger partial charge in [0.15, 0.2) is 0 Å². The molecule has 0 aliphatic rings. The van der Waals surface area contributed by atoms with Crippen LogP contribution in [0.4, 0.5) is 5.69 Å². The molecule has 0 unspecified atom stereocenters. The number of rotatable bonds is 6. The Morgan fingerprint density at radius 2 is 2.03 bits per heavy atom. The zero-order chi connectivity index (χ0) is 22.0. The summed E-state index contributed by atoms with van der Waals surface area (Å²) < 4.78 is 6.45. The molecule has 0 saturated carbocycles. The summed E-state index contributed by atoms with van der Waals surface area (Å²) in [5.41, 5.74) is 0.427. The van der Waals surface area contributed by atoms with Crippen LogP contribution in [0.2, 0.25) is 10.0 Å². The monoisotopic (exact) mass is 467 g/mol. The Morgan fingerprint density at radius 1 is 1.30 bits per heavy atom. The van der Waals surface area contributed by atoms with Gasteiger partial charge in [-0.1, -0.05) is 43.1 Å². The minimum absolute atomic E-state index is 0.200. The smallest absolute Gasteiger partial charge is 0.348 e. The third-order valence-electron chi connectivity index (χ3n) is 4.19. The van der Waals surface area contributed by atoms with Crippen molar-refractivity contribution in [2.24, 2.45) is 5.92 Å². The lowest BCUT2D eigenvalue weighted by Crippen LogP contribution is -2.28. The maximum atomic E-state index is 12.9. The van der Waals surface area contributed by atoms with E-state index in [1.165, 1.54) is 10.9 Å². The summed E-state index contributed by atoms with van der Waals surface area (Å²) in [4.78, 5) is 42.7. The SMILES string of the molecule is Cc1c(C(=O)OCC(C)C)sc2ncn(CC(=O)Nc3cccc(Cl)c3Cl)c(=O)c12. The number of aryl methyl sites for hydroxylation is 1. The van der Waals surface area contributed by atoms with Crippen LogP contribution in [0.5, 0.6) is 0 Å². The van der Waals surface area contributed by atoms with Crippen LogP contribution in [0.15, 0.2) is 29.3 Å². The van der Waals surface area contributed by atoms with Gasteiger partial charge in [0.2, 0.25) is 5.91 Å². The third kappa shape index (κ3) is 4.66. The number of ether oxygens (including phenoxy) is 1. The summed E-state index contributed by atoms with van der Waals surface area (Å²) in [6, 6.07) is 4.86. The van der Waals surface area contributed by atoms with E-state index in [1.54, 1.807) is 25.1 Å². The summed E-state index contributed by atoms with van der Waals surface area (Å²) >= 11 is 13.1. The second-order valence-corrected chi connectivity index (χ2v) is 8.84. The second-order valence-electron chi connectivity index (χ2n) is 7.06. The summed E-state index contributed by atoms with van der Waals surface area (Å²) in [7, 11) is 0. The Kier molecular flexibility index (Phi) is 6.80. The van der Waals surface area contributed by atoms with E-state index >= 15 is 0 Å². The minimum atomic E-state index is -0.483. The number of esters is 1. The third-order valence-corrected chi connectivity index (χ3v) is 6.19. The summed E-state index contributed by atoms with van der Waals surface area (Å²) in [6.07, 6.45) is 1.28. The fraction of sp³-hybridized carbons (Fsp3) is 0.300. The molecule has 0 spiro atoms. The van der Waals surface area contributed by atoms with Crippen molar-refractivity contribution in [3.63, 3.8) is 0 Å². The van der Waals surface area contributed by atoms with E-state index in [1.807, 2.05) is 13.8 Å². The van der Waals surface area contributed by atoms with E-state index in [0.717, 1.165) is 11.3 Å². The van der Waals surface area contributed by atoms with E-state index in [0.29, 0.717) is 31.4 Å². The van der Waals surface area contributed by atoms with Gasteiger partial charge in [0, 0.05) is 0 Å². The molecule has 0 aliphatic heterocycles. The number of thiophene rings is 1. The van der Waals surface area contributed by atoms with Crippen molar-refractivity contribution >= 4 is 62.3 Å². The Morgan fingerprint density at radius 3 is 2.73 bits per heavy atom. The molecule has 158 valence electrons. The number of nitrogens with zero attached hydrogens (tertiary/aromatic N) is 2. The molecular weight excluding hydrogens is 449 g/mol. The van der Waals surface area contributed by atoms with Gasteiger partial charge in [-0.05, 0) is 30.5 Å². The zero-order valence-corrected chi connectivity index (χ0v) is 18.8. The predicted octanol–water partition coefficient (Wildman–Crippen LogP) is 4.52. The molecule has 10 heteroatoms. The standard InChI is InChI=1S/C20H19Cl2N3O4S/c1-10(2)8-29-20(28)17-11(3)15-18(30-17)23-9-25(19(15)27)7-14(26)24-13-6-4-5-12(21)16(13)22/h4-6,9-10H,7-8H2,1-3H3,(H,24,26). The molecule has 0 radical (unpaired) electrons. The van der Waals surface area contributed by atoms with Gasteiger partial charge in [-0.2, -0.15) is 0 Å². The molecule has 0 aliphatic carbocycles. The van der Waals surface area contributed by atoms with Gasteiger partial charge in [-0.15, -0.1) is 11.3 Å². The molecule has 0 bridgehead atoms. The number of benzene rings is 1. The molecule has 1 aromatic carbocycles. The van der Waals surface area contributed by atoms with E-state index < -0.39 is 17.4 Å². The highest BCUT2D eigenvalue weighted by Gasteiger charge is 2.21. The highest BCUT2D eigenvalue weighted by Crippen LogP contribution is 2.30. The molecule has 0 atom stereocenters. The van der Waals surface area contributed by atoms with Crippen molar-refractivity contribution in [3.05, 3.63) is 55.4 Å². The minimum Gasteiger partial charge on any atom is -0.461 e. The average molecular weight is 468 g/mol. The van der Waals surface area contributed by atoms with E-state index in [2.05, 4.69) is 10.3 Å². The first-order valence-corrected chi connectivity index (χ1v) is 10.7. The topological polar surface area (TPSA) is 90.3 Å². The molecule has 0 saturated heterocycles. The van der Waals surface area contributed by atoms with E-state index in [9.17, 15) is 14.4 Å². The zero-order valence-electron chi connectivity index (χ0n) is 16.5.